The van der Waals surface area contributed by atoms with Crippen molar-refractivity contribution in [3.05, 3.63) is 46.4 Å². The molecule has 1 aromatic heterocycles. The average Bonchev–Trinajstić information content (AvgIpc) is 2.92. The molecule has 0 saturated heterocycles. The molecule has 0 unspecified atom stereocenters. The van der Waals surface area contributed by atoms with Crippen LogP contribution in [-0.2, 0) is 11.3 Å². The minimum atomic E-state index is -0.233. The molecule has 5 nitrogen and oxygen atoms in total. The number of benzene rings is 1. The molecule has 0 fully saturated rings. The monoisotopic (exact) mass is 289 g/mol. The molecule has 6 heteroatoms. The topological polar surface area (TPSA) is 62.3 Å². The van der Waals surface area contributed by atoms with Crippen LogP contribution in [-0.4, -0.2) is 28.7 Å². The van der Waals surface area contributed by atoms with Crippen LogP contribution in [0.3, 0.4) is 0 Å². The third kappa shape index (κ3) is 3.64. The Morgan fingerprint density at radius 2 is 2.20 bits per heavy atom. The van der Waals surface area contributed by atoms with Crippen molar-refractivity contribution in [2.45, 2.75) is 13.5 Å². The van der Waals surface area contributed by atoms with E-state index in [0.717, 1.165) is 5.56 Å². The van der Waals surface area contributed by atoms with Crippen molar-refractivity contribution in [1.29, 1.82) is 0 Å². The van der Waals surface area contributed by atoms with Crippen LogP contribution in [0, 0.1) is 0 Å². The van der Waals surface area contributed by atoms with Crippen molar-refractivity contribution in [2.24, 2.45) is 0 Å². The summed E-state index contributed by atoms with van der Waals surface area (Å²) in [5.74, 6) is -0.231. The number of nitrogens with zero attached hydrogens (tertiary/aromatic N) is 2. The van der Waals surface area contributed by atoms with Gasteiger partial charge in [0, 0.05) is 31.6 Å². The van der Waals surface area contributed by atoms with Crippen molar-refractivity contribution in [2.75, 3.05) is 12.4 Å². The molecule has 0 aliphatic rings. The van der Waals surface area contributed by atoms with Crippen LogP contribution in [0.2, 0.25) is 0 Å². The van der Waals surface area contributed by atoms with Gasteiger partial charge in [-0.3, -0.25) is 9.59 Å². The second-order valence-corrected chi connectivity index (χ2v) is 5.12. The van der Waals surface area contributed by atoms with E-state index in [1.165, 1.54) is 18.3 Å². The zero-order valence-electron chi connectivity index (χ0n) is 11.3. The summed E-state index contributed by atoms with van der Waals surface area (Å²) in [6.07, 6.45) is 0. The Kier molecular flexibility index (Phi) is 4.47. The van der Waals surface area contributed by atoms with E-state index in [1.54, 1.807) is 22.8 Å². The SMILES string of the molecule is CC(=O)N(C)Cc1cccc(NC(=O)c2cscn2)c1. The third-order valence-electron chi connectivity index (χ3n) is 2.81. The summed E-state index contributed by atoms with van der Waals surface area (Å²) in [7, 11) is 1.74. The summed E-state index contributed by atoms with van der Waals surface area (Å²) in [5, 5.41) is 4.49. The van der Waals surface area contributed by atoms with Crippen LogP contribution in [0.5, 0.6) is 0 Å². The van der Waals surface area contributed by atoms with Crippen LogP contribution in [0.4, 0.5) is 5.69 Å². The summed E-state index contributed by atoms with van der Waals surface area (Å²) >= 11 is 1.38. The summed E-state index contributed by atoms with van der Waals surface area (Å²) in [6.45, 7) is 2.03. The standard InChI is InChI=1S/C14H15N3O2S/c1-10(18)17(2)7-11-4-3-5-12(6-11)16-14(19)13-8-20-9-15-13/h3-6,8-9H,7H2,1-2H3,(H,16,19). The molecular formula is C14H15N3O2S. The first-order chi connectivity index (χ1) is 9.56. The van der Waals surface area contributed by atoms with Crippen LogP contribution < -0.4 is 5.32 Å². The summed E-state index contributed by atoms with van der Waals surface area (Å²) in [6, 6.07) is 7.42. The number of carbonyl (C=O) groups excluding carboxylic acids is 2. The molecule has 1 aromatic carbocycles. The van der Waals surface area contributed by atoms with Gasteiger partial charge in [-0.2, -0.15) is 0 Å². The highest BCUT2D eigenvalue weighted by Gasteiger charge is 2.09. The summed E-state index contributed by atoms with van der Waals surface area (Å²) < 4.78 is 0. The predicted octanol–water partition coefficient (Wildman–Crippen LogP) is 2.37. The normalized spacial score (nSPS) is 10.1. The van der Waals surface area contributed by atoms with Crippen molar-refractivity contribution in [3.63, 3.8) is 0 Å². The fraction of sp³-hybridized carbons (Fsp3) is 0.214. The van der Waals surface area contributed by atoms with Gasteiger partial charge in [-0.25, -0.2) is 4.98 Å². The smallest absolute Gasteiger partial charge is 0.275 e. The molecule has 0 aliphatic carbocycles. The van der Waals surface area contributed by atoms with Gasteiger partial charge < -0.3 is 10.2 Å². The Bertz CT molecular complexity index is 611. The first-order valence-electron chi connectivity index (χ1n) is 6.06. The Morgan fingerprint density at radius 3 is 2.85 bits per heavy atom. The fourth-order valence-electron chi connectivity index (χ4n) is 1.65. The van der Waals surface area contributed by atoms with Gasteiger partial charge in [-0.05, 0) is 17.7 Å². The van der Waals surface area contributed by atoms with E-state index in [4.69, 9.17) is 0 Å². The van der Waals surface area contributed by atoms with Crippen LogP contribution in [0.25, 0.3) is 0 Å². The minimum Gasteiger partial charge on any atom is -0.342 e. The quantitative estimate of drug-likeness (QED) is 0.940. The van der Waals surface area contributed by atoms with Gasteiger partial charge in [0.25, 0.3) is 5.91 Å². The number of carbonyl (C=O) groups is 2. The van der Waals surface area contributed by atoms with Crippen LogP contribution >= 0.6 is 11.3 Å². The Labute approximate surface area is 121 Å². The van der Waals surface area contributed by atoms with Crippen molar-refractivity contribution in [3.8, 4) is 0 Å². The van der Waals surface area contributed by atoms with Crippen LogP contribution in [0.15, 0.2) is 35.2 Å². The molecule has 0 aliphatic heterocycles. The third-order valence-corrected chi connectivity index (χ3v) is 3.39. The zero-order chi connectivity index (χ0) is 14.5. The second-order valence-electron chi connectivity index (χ2n) is 4.40. The van der Waals surface area contributed by atoms with E-state index in [9.17, 15) is 9.59 Å². The molecule has 0 radical (unpaired) electrons. The van der Waals surface area contributed by atoms with Gasteiger partial charge in [0.1, 0.15) is 5.69 Å². The molecule has 0 bridgehead atoms. The minimum absolute atomic E-state index is 0.00177. The van der Waals surface area contributed by atoms with Crippen molar-refractivity contribution < 1.29 is 9.59 Å². The predicted molar refractivity (Wildman–Crippen MR) is 78.7 cm³/mol. The lowest BCUT2D eigenvalue weighted by Gasteiger charge is -2.15. The molecule has 0 atom stereocenters. The molecule has 2 aromatic rings. The van der Waals surface area contributed by atoms with Gasteiger partial charge in [-0.15, -0.1) is 11.3 Å². The number of aromatic nitrogens is 1. The molecule has 104 valence electrons. The van der Waals surface area contributed by atoms with Gasteiger partial charge >= 0.3 is 0 Å². The van der Waals surface area contributed by atoms with Crippen LogP contribution in [0.1, 0.15) is 23.0 Å². The lowest BCUT2D eigenvalue weighted by molar-refractivity contribution is -0.128. The van der Waals surface area contributed by atoms with E-state index in [0.29, 0.717) is 17.9 Å². The Hall–Kier alpha value is -2.21. The van der Waals surface area contributed by atoms with Crippen molar-refractivity contribution >= 4 is 28.8 Å². The first-order valence-corrected chi connectivity index (χ1v) is 7.00. The maximum absolute atomic E-state index is 11.9. The molecule has 2 rings (SSSR count). The number of anilines is 1. The fourth-order valence-corrected chi connectivity index (χ4v) is 2.18. The van der Waals surface area contributed by atoms with Gasteiger partial charge in [-0.1, -0.05) is 12.1 Å². The molecule has 0 saturated carbocycles. The Morgan fingerprint density at radius 1 is 1.40 bits per heavy atom. The number of amides is 2. The number of nitrogens with one attached hydrogen (secondary N) is 1. The maximum Gasteiger partial charge on any atom is 0.275 e. The van der Waals surface area contributed by atoms with E-state index in [-0.39, 0.29) is 11.8 Å². The highest BCUT2D eigenvalue weighted by Crippen LogP contribution is 2.14. The maximum atomic E-state index is 11.9. The van der Waals surface area contributed by atoms with E-state index < -0.39 is 0 Å². The number of hydrogen-bond acceptors (Lipinski definition) is 4. The van der Waals surface area contributed by atoms with Gasteiger partial charge in [0.05, 0.1) is 5.51 Å². The largest absolute Gasteiger partial charge is 0.342 e. The molecule has 0 spiro atoms. The summed E-state index contributed by atoms with van der Waals surface area (Å²) in [4.78, 5) is 28.7. The molecule has 1 heterocycles. The molecular weight excluding hydrogens is 274 g/mol. The van der Waals surface area contributed by atoms with E-state index in [1.807, 2.05) is 24.3 Å². The lowest BCUT2D eigenvalue weighted by atomic mass is 10.2. The number of thiazole rings is 1. The van der Waals surface area contributed by atoms with E-state index >= 15 is 0 Å². The highest BCUT2D eigenvalue weighted by atomic mass is 32.1. The van der Waals surface area contributed by atoms with Gasteiger partial charge in [0.15, 0.2) is 0 Å². The van der Waals surface area contributed by atoms with Crippen molar-refractivity contribution in [1.82, 2.24) is 9.88 Å². The van der Waals surface area contributed by atoms with E-state index in [2.05, 4.69) is 10.3 Å². The molecule has 20 heavy (non-hydrogen) atoms. The molecule has 1 N–H and O–H groups in total. The highest BCUT2D eigenvalue weighted by molar-refractivity contribution is 7.07. The Balaban J connectivity index is 2.06. The number of rotatable bonds is 4. The average molecular weight is 289 g/mol. The van der Waals surface area contributed by atoms with Gasteiger partial charge in [0.2, 0.25) is 5.91 Å². The first kappa shape index (κ1) is 14.2. The molecule has 2 amide bonds. The zero-order valence-corrected chi connectivity index (χ0v) is 12.1. The lowest BCUT2D eigenvalue weighted by Crippen LogP contribution is -2.23. The summed E-state index contributed by atoms with van der Waals surface area (Å²) in [5.41, 5.74) is 3.67. The second kappa shape index (κ2) is 6.29. The number of hydrogen-bond donors (Lipinski definition) is 1.